The van der Waals surface area contributed by atoms with Gasteiger partial charge in [0.15, 0.2) is 0 Å². The van der Waals surface area contributed by atoms with Crippen LogP contribution in [-0.4, -0.2) is 13.7 Å². The predicted molar refractivity (Wildman–Crippen MR) is 89.4 cm³/mol. The van der Waals surface area contributed by atoms with E-state index in [1.807, 2.05) is 18.2 Å². The van der Waals surface area contributed by atoms with Gasteiger partial charge in [-0.2, -0.15) is 0 Å². The quantitative estimate of drug-likeness (QED) is 0.867. The number of ether oxygens (including phenoxy) is 1. The van der Waals surface area contributed by atoms with Crippen LogP contribution in [0.25, 0.3) is 0 Å². The summed E-state index contributed by atoms with van der Waals surface area (Å²) in [6.45, 7) is 7.23. The number of hydrogen-bond donors (Lipinski definition) is 1. The molecule has 1 atom stereocenters. The minimum Gasteiger partial charge on any atom is -0.496 e. The van der Waals surface area contributed by atoms with Crippen LogP contribution in [0.3, 0.4) is 0 Å². The number of nitrogens with one attached hydrogen (secondary N) is 1. The molecule has 1 unspecified atom stereocenters. The summed E-state index contributed by atoms with van der Waals surface area (Å²) < 4.78 is 5.51. The van der Waals surface area contributed by atoms with Crippen molar-refractivity contribution in [3.63, 3.8) is 0 Å². The van der Waals surface area contributed by atoms with Crippen LogP contribution in [0.5, 0.6) is 5.75 Å². The van der Waals surface area contributed by atoms with Gasteiger partial charge in [-0.3, -0.25) is 0 Å². The highest BCUT2D eigenvalue weighted by Crippen LogP contribution is 2.33. The normalized spacial score (nSPS) is 12.2. The van der Waals surface area contributed by atoms with Gasteiger partial charge in [-0.05, 0) is 49.7 Å². The van der Waals surface area contributed by atoms with E-state index in [0.717, 1.165) is 22.9 Å². The first-order chi connectivity index (χ1) is 10.1. The fraction of sp³-hybridized carbons (Fsp3) is 0.333. The first kappa shape index (κ1) is 15.9. The number of hydrogen-bond acceptors (Lipinski definition) is 2. The van der Waals surface area contributed by atoms with E-state index in [1.54, 1.807) is 7.11 Å². The van der Waals surface area contributed by atoms with Crippen molar-refractivity contribution >= 4 is 11.6 Å². The average Bonchev–Trinajstić information content (AvgIpc) is 2.45. The molecule has 2 nitrogen and oxygen atoms in total. The van der Waals surface area contributed by atoms with E-state index < -0.39 is 0 Å². The molecule has 0 aliphatic rings. The Bertz CT molecular complexity index is 625. The molecule has 0 fully saturated rings. The van der Waals surface area contributed by atoms with Crippen LogP contribution >= 0.6 is 11.6 Å². The molecule has 0 amide bonds. The molecule has 0 radical (unpaired) electrons. The van der Waals surface area contributed by atoms with Crippen LogP contribution in [0.2, 0.25) is 5.02 Å². The van der Waals surface area contributed by atoms with Crippen LogP contribution in [0.1, 0.15) is 35.2 Å². The summed E-state index contributed by atoms with van der Waals surface area (Å²) in [7, 11) is 1.69. The molecule has 21 heavy (non-hydrogen) atoms. The van der Waals surface area contributed by atoms with Crippen molar-refractivity contribution in [3.05, 3.63) is 63.7 Å². The summed E-state index contributed by atoms with van der Waals surface area (Å²) in [6, 6.07) is 12.4. The van der Waals surface area contributed by atoms with Crippen LogP contribution in [0.15, 0.2) is 36.4 Å². The van der Waals surface area contributed by atoms with Crippen LogP contribution in [-0.2, 0) is 0 Å². The van der Waals surface area contributed by atoms with E-state index in [1.165, 1.54) is 16.7 Å². The number of benzene rings is 2. The number of rotatable bonds is 5. The standard InChI is InChI=1S/C18H22ClNO/c1-5-20-18(15-8-6-12(2)10-13(15)3)16-11-14(19)7-9-17(16)21-4/h6-11,18,20H,5H2,1-4H3. The molecule has 0 aliphatic heterocycles. The maximum Gasteiger partial charge on any atom is 0.124 e. The third kappa shape index (κ3) is 3.58. The zero-order valence-electron chi connectivity index (χ0n) is 13.0. The Labute approximate surface area is 132 Å². The first-order valence-electron chi connectivity index (χ1n) is 7.20. The second kappa shape index (κ2) is 6.97. The van der Waals surface area contributed by atoms with Crippen molar-refractivity contribution < 1.29 is 4.74 Å². The van der Waals surface area contributed by atoms with E-state index in [4.69, 9.17) is 16.3 Å². The molecular formula is C18H22ClNO. The lowest BCUT2D eigenvalue weighted by molar-refractivity contribution is 0.404. The van der Waals surface area contributed by atoms with Gasteiger partial charge in [-0.25, -0.2) is 0 Å². The minimum absolute atomic E-state index is 0.0734. The highest BCUT2D eigenvalue weighted by Gasteiger charge is 2.19. The Kier molecular flexibility index (Phi) is 5.27. The van der Waals surface area contributed by atoms with E-state index in [0.29, 0.717) is 0 Å². The Morgan fingerprint density at radius 3 is 2.48 bits per heavy atom. The molecule has 0 bridgehead atoms. The van der Waals surface area contributed by atoms with Crippen LogP contribution in [0, 0.1) is 13.8 Å². The van der Waals surface area contributed by atoms with Crippen molar-refractivity contribution in [2.24, 2.45) is 0 Å². The molecule has 0 aromatic heterocycles. The Hall–Kier alpha value is -1.51. The monoisotopic (exact) mass is 303 g/mol. The molecule has 0 aliphatic carbocycles. The van der Waals surface area contributed by atoms with E-state index >= 15 is 0 Å². The van der Waals surface area contributed by atoms with Crippen molar-refractivity contribution in [1.29, 1.82) is 0 Å². The van der Waals surface area contributed by atoms with Crippen molar-refractivity contribution in [2.45, 2.75) is 26.8 Å². The Morgan fingerprint density at radius 2 is 1.86 bits per heavy atom. The van der Waals surface area contributed by atoms with Gasteiger partial charge in [-0.15, -0.1) is 0 Å². The van der Waals surface area contributed by atoms with Gasteiger partial charge in [0.1, 0.15) is 5.75 Å². The lowest BCUT2D eigenvalue weighted by atomic mass is 9.93. The number of methoxy groups -OCH3 is 1. The summed E-state index contributed by atoms with van der Waals surface area (Å²) in [5.74, 6) is 0.852. The molecule has 0 saturated carbocycles. The highest BCUT2D eigenvalue weighted by molar-refractivity contribution is 6.30. The zero-order valence-corrected chi connectivity index (χ0v) is 13.8. The zero-order chi connectivity index (χ0) is 15.4. The largest absolute Gasteiger partial charge is 0.496 e. The molecule has 112 valence electrons. The summed E-state index contributed by atoms with van der Waals surface area (Å²) in [6.07, 6.45) is 0. The third-order valence-electron chi connectivity index (χ3n) is 3.65. The van der Waals surface area contributed by atoms with Gasteiger partial charge in [0.2, 0.25) is 0 Å². The predicted octanol–water partition coefficient (Wildman–Crippen LogP) is 4.66. The van der Waals surface area contributed by atoms with Crippen molar-refractivity contribution in [2.75, 3.05) is 13.7 Å². The molecular weight excluding hydrogens is 282 g/mol. The Balaban J connectivity index is 2.55. The molecule has 2 rings (SSSR count). The minimum atomic E-state index is 0.0734. The second-order valence-electron chi connectivity index (χ2n) is 5.24. The molecule has 0 heterocycles. The van der Waals surface area contributed by atoms with E-state index in [2.05, 4.69) is 44.3 Å². The summed E-state index contributed by atoms with van der Waals surface area (Å²) in [4.78, 5) is 0. The lowest BCUT2D eigenvalue weighted by Gasteiger charge is -2.23. The third-order valence-corrected chi connectivity index (χ3v) is 3.88. The van der Waals surface area contributed by atoms with Crippen LogP contribution in [0.4, 0.5) is 0 Å². The SMILES string of the molecule is CCNC(c1ccc(C)cc1C)c1cc(Cl)ccc1OC. The fourth-order valence-electron chi connectivity index (χ4n) is 2.67. The maximum atomic E-state index is 6.19. The molecule has 2 aromatic rings. The highest BCUT2D eigenvalue weighted by atomic mass is 35.5. The molecule has 2 aromatic carbocycles. The first-order valence-corrected chi connectivity index (χ1v) is 7.58. The van der Waals surface area contributed by atoms with Gasteiger partial charge >= 0.3 is 0 Å². The number of halogens is 1. The molecule has 1 N–H and O–H groups in total. The Morgan fingerprint density at radius 1 is 1.10 bits per heavy atom. The van der Waals surface area contributed by atoms with Crippen molar-refractivity contribution in [3.8, 4) is 5.75 Å². The topological polar surface area (TPSA) is 21.3 Å². The smallest absolute Gasteiger partial charge is 0.124 e. The lowest BCUT2D eigenvalue weighted by Crippen LogP contribution is -2.23. The van der Waals surface area contributed by atoms with E-state index in [-0.39, 0.29) is 6.04 Å². The van der Waals surface area contributed by atoms with Gasteiger partial charge in [-0.1, -0.05) is 42.3 Å². The summed E-state index contributed by atoms with van der Waals surface area (Å²) in [5.41, 5.74) is 4.86. The van der Waals surface area contributed by atoms with Crippen molar-refractivity contribution in [1.82, 2.24) is 5.32 Å². The summed E-state index contributed by atoms with van der Waals surface area (Å²) in [5, 5.41) is 4.26. The molecule has 0 spiro atoms. The average molecular weight is 304 g/mol. The van der Waals surface area contributed by atoms with Gasteiger partial charge in [0.05, 0.1) is 13.2 Å². The second-order valence-corrected chi connectivity index (χ2v) is 5.67. The van der Waals surface area contributed by atoms with Crippen LogP contribution < -0.4 is 10.1 Å². The fourth-order valence-corrected chi connectivity index (χ4v) is 2.85. The van der Waals surface area contributed by atoms with Gasteiger partial charge < -0.3 is 10.1 Å². The number of aryl methyl sites for hydroxylation is 2. The van der Waals surface area contributed by atoms with Gasteiger partial charge in [0, 0.05) is 10.6 Å². The van der Waals surface area contributed by atoms with Gasteiger partial charge in [0.25, 0.3) is 0 Å². The summed E-state index contributed by atoms with van der Waals surface area (Å²) >= 11 is 6.19. The molecule has 3 heteroatoms. The van der Waals surface area contributed by atoms with E-state index in [9.17, 15) is 0 Å². The molecule has 0 saturated heterocycles. The maximum absolute atomic E-state index is 6.19.